The third-order valence-corrected chi connectivity index (χ3v) is 6.54. The molecule has 35 heavy (non-hydrogen) atoms. The molecule has 0 aromatic carbocycles. The summed E-state index contributed by atoms with van der Waals surface area (Å²) in [6.45, 7) is 2.70. The number of fused-ring (bicyclic) bond motifs is 1. The van der Waals surface area contributed by atoms with E-state index in [2.05, 4.69) is 10.4 Å². The topological polar surface area (TPSA) is 119 Å². The maximum absolute atomic E-state index is 12.9. The second-order valence-electron chi connectivity index (χ2n) is 9.11. The number of imide groups is 1. The zero-order chi connectivity index (χ0) is 25.9. The number of nitrogens with two attached hydrogens (primary N) is 1. The summed E-state index contributed by atoms with van der Waals surface area (Å²) in [5.74, 6) is -2.75. The normalized spacial score (nSPS) is 20.5. The number of hydrogen-bond donors (Lipinski definition) is 2. The van der Waals surface area contributed by atoms with Crippen LogP contribution in [0.4, 0.5) is 13.2 Å². The van der Waals surface area contributed by atoms with Crippen molar-refractivity contribution in [3.05, 3.63) is 30.0 Å². The summed E-state index contributed by atoms with van der Waals surface area (Å²) in [5, 5.41) is 6.88. The number of aromatic nitrogens is 2. The number of primary amides is 1. The van der Waals surface area contributed by atoms with Crippen LogP contribution < -0.4 is 15.8 Å². The van der Waals surface area contributed by atoms with Crippen molar-refractivity contribution >= 4 is 23.7 Å². The van der Waals surface area contributed by atoms with Gasteiger partial charge >= 0.3 is 6.18 Å². The van der Waals surface area contributed by atoms with Crippen LogP contribution in [0, 0.1) is 11.8 Å². The molecule has 2 heterocycles. The first-order chi connectivity index (χ1) is 16.5. The Labute approximate surface area is 200 Å². The van der Waals surface area contributed by atoms with Crippen molar-refractivity contribution in [3.63, 3.8) is 0 Å². The van der Waals surface area contributed by atoms with Gasteiger partial charge in [0.25, 0.3) is 5.91 Å². The smallest absolute Gasteiger partial charge is 0.391 e. The number of nitrogens with zero attached hydrogens (tertiary/aromatic N) is 3. The summed E-state index contributed by atoms with van der Waals surface area (Å²) in [6.07, 6.45) is -1.36. The zero-order valence-electron chi connectivity index (χ0n) is 19.8. The number of pyridine rings is 1. The summed E-state index contributed by atoms with van der Waals surface area (Å²) >= 11 is 0. The van der Waals surface area contributed by atoms with E-state index < -0.39 is 42.4 Å². The van der Waals surface area contributed by atoms with Crippen LogP contribution in [-0.2, 0) is 9.59 Å². The number of nitrogens with one attached hydrogen (secondary N) is 1. The minimum Gasteiger partial charge on any atom is -0.473 e. The molecule has 3 rings (SSSR count). The SMILES string of the molecule is CNC(CC(C)C(F)(F)F)C(=O)N(C=O)[C@@H](C)CC1CC(Oc2nn3ccccc3c2C(N)=O)C1. The molecular weight excluding hydrogens is 467 g/mol. The minimum atomic E-state index is -4.43. The van der Waals surface area contributed by atoms with Crippen LogP contribution in [-0.4, -0.2) is 64.2 Å². The lowest BCUT2D eigenvalue weighted by Crippen LogP contribution is -2.50. The average molecular weight is 498 g/mol. The number of amides is 3. The molecule has 0 bridgehead atoms. The Balaban J connectivity index is 1.57. The quantitative estimate of drug-likeness (QED) is 0.461. The molecule has 1 fully saturated rings. The summed E-state index contributed by atoms with van der Waals surface area (Å²) in [5.41, 5.74) is 6.25. The minimum absolute atomic E-state index is 0.126. The van der Waals surface area contributed by atoms with Gasteiger partial charge in [-0.3, -0.25) is 19.3 Å². The Morgan fingerprint density at radius 3 is 2.60 bits per heavy atom. The lowest BCUT2D eigenvalue weighted by atomic mass is 9.78. The van der Waals surface area contributed by atoms with E-state index in [1.807, 2.05) is 0 Å². The van der Waals surface area contributed by atoms with Gasteiger partial charge in [-0.2, -0.15) is 13.2 Å². The first-order valence-corrected chi connectivity index (χ1v) is 11.4. The lowest BCUT2D eigenvalue weighted by molar-refractivity contribution is -0.173. The molecule has 1 aliphatic carbocycles. The van der Waals surface area contributed by atoms with Gasteiger partial charge < -0.3 is 15.8 Å². The van der Waals surface area contributed by atoms with Crippen LogP contribution in [0.5, 0.6) is 5.88 Å². The fraction of sp³-hybridized carbons (Fsp3) is 0.565. The molecule has 3 atom stereocenters. The monoisotopic (exact) mass is 497 g/mol. The second kappa shape index (κ2) is 10.6. The number of rotatable bonds is 11. The highest BCUT2D eigenvalue weighted by molar-refractivity contribution is 6.02. The van der Waals surface area contributed by atoms with E-state index in [-0.39, 0.29) is 23.5 Å². The molecule has 1 aliphatic rings. The van der Waals surface area contributed by atoms with E-state index in [1.54, 1.807) is 31.3 Å². The van der Waals surface area contributed by atoms with Crippen molar-refractivity contribution in [2.75, 3.05) is 7.05 Å². The number of ether oxygens (including phenoxy) is 1. The molecule has 192 valence electrons. The average Bonchev–Trinajstić information content (AvgIpc) is 3.13. The van der Waals surface area contributed by atoms with Gasteiger partial charge in [-0.25, -0.2) is 4.52 Å². The molecule has 0 radical (unpaired) electrons. The number of alkyl halides is 3. The Hall–Kier alpha value is -3.15. The summed E-state index contributed by atoms with van der Waals surface area (Å²) in [7, 11) is 1.40. The summed E-state index contributed by atoms with van der Waals surface area (Å²) in [4.78, 5) is 37.3. The zero-order valence-corrected chi connectivity index (χ0v) is 19.8. The first-order valence-electron chi connectivity index (χ1n) is 11.4. The first kappa shape index (κ1) is 26.5. The van der Waals surface area contributed by atoms with Crippen LogP contribution in [0.2, 0.25) is 0 Å². The molecule has 2 aromatic heterocycles. The Morgan fingerprint density at radius 1 is 1.34 bits per heavy atom. The molecule has 3 N–H and O–H groups in total. The molecule has 0 aliphatic heterocycles. The summed E-state index contributed by atoms with van der Waals surface area (Å²) in [6, 6.07) is 3.61. The van der Waals surface area contributed by atoms with E-state index in [0.29, 0.717) is 31.2 Å². The number of likely N-dealkylation sites (N-methyl/N-ethyl adjacent to an activating group) is 1. The predicted molar refractivity (Wildman–Crippen MR) is 121 cm³/mol. The van der Waals surface area contributed by atoms with Crippen molar-refractivity contribution in [2.24, 2.45) is 17.6 Å². The van der Waals surface area contributed by atoms with Crippen LogP contribution in [0.25, 0.3) is 5.52 Å². The van der Waals surface area contributed by atoms with Crippen molar-refractivity contribution in [2.45, 2.75) is 63.9 Å². The Morgan fingerprint density at radius 2 is 2.03 bits per heavy atom. The molecule has 2 aromatic rings. The molecular formula is C23H30F3N5O4. The van der Waals surface area contributed by atoms with E-state index in [4.69, 9.17) is 10.5 Å². The number of carbonyl (C=O) groups excluding carboxylic acids is 3. The van der Waals surface area contributed by atoms with Crippen molar-refractivity contribution in [1.82, 2.24) is 19.8 Å². The highest BCUT2D eigenvalue weighted by atomic mass is 19.4. The van der Waals surface area contributed by atoms with Crippen molar-refractivity contribution < 1.29 is 32.3 Å². The molecule has 2 unspecified atom stereocenters. The maximum atomic E-state index is 12.9. The van der Waals surface area contributed by atoms with Gasteiger partial charge in [0, 0.05) is 12.2 Å². The predicted octanol–water partition coefficient (Wildman–Crippen LogP) is 2.53. The lowest BCUT2D eigenvalue weighted by Gasteiger charge is -2.38. The van der Waals surface area contributed by atoms with Crippen LogP contribution in [0.15, 0.2) is 24.4 Å². The number of halogens is 3. The molecule has 12 heteroatoms. The molecule has 9 nitrogen and oxygen atoms in total. The molecule has 0 saturated heterocycles. The molecule has 1 saturated carbocycles. The van der Waals surface area contributed by atoms with Crippen LogP contribution >= 0.6 is 0 Å². The number of carbonyl (C=O) groups is 3. The highest BCUT2D eigenvalue weighted by Gasteiger charge is 2.40. The Bertz CT molecular complexity index is 1070. The highest BCUT2D eigenvalue weighted by Crippen LogP contribution is 2.36. The second-order valence-corrected chi connectivity index (χ2v) is 9.11. The third kappa shape index (κ3) is 5.92. The van der Waals surface area contributed by atoms with Gasteiger partial charge in [-0.1, -0.05) is 13.0 Å². The van der Waals surface area contributed by atoms with Gasteiger partial charge in [0.1, 0.15) is 11.7 Å². The van der Waals surface area contributed by atoms with Crippen molar-refractivity contribution in [3.8, 4) is 5.88 Å². The standard InChI is InChI=1S/C23H30F3N5O4/c1-13(23(24,25)26)8-17(28-3)22(34)30(12-32)14(2)9-15-10-16(11-15)35-21-19(20(27)33)18-6-4-5-7-31(18)29-21/h4-7,12-17,28H,8-11H2,1-3H3,(H2,27,33)/t13?,14-,15?,16?,17?/m0/s1. The molecule has 3 amide bonds. The number of hydrogen-bond acceptors (Lipinski definition) is 6. The fourth-order valence-corrected chi connectivity index (χ4v) is 4.39. The Kier molecular flexibility index (Phi) is 8.04. The largest absolute Gasteiger partial charge is 0.473 e. The van der Waals surface area contributed by atoms with E-state index >= 15 is 0 Å². The third-order valence-electron chi connectivity index (χ3n) is 6.54. The van der Waals surface area contributed by atoms with Crippen LogP contribution in [0.3, 0.4) is 0 Å². The van der Waals surface area contributed by atoms with Gasteiger partial charge in [0.2, 0.25) is 18.2 Å². The maximum Gasteiger partial charge on any atom is 0.391 e. The van der Waals surface area contributed by atoms with E-state index in [0.717, 1.165) is 11.8 Å². The van der Waals surface area contributed by atoms with E-state index in [9.17, 15) is 27.6 Å². The van der Waals surface area contributed by atoms with Crippen molar-refractivity contribution in [1.29, 1.82) is 0 Å². The van der Waals surface area contributed by atoms with E-state index in [1.165, 1.54) is 11.6 Å². The summed E-state index contributed by atoms with van der Waals surface area (Å²) < 4.78 is 46.2. The van der Waals surface area contributed by atoms with Gasteiger partial charge in [0.05, 0.1) is 17.5 Å². The van der Waals surface area contributed by atoms with Gasteiger partial charge in [-0.05, 0) is 57.7 Å². The van der Waals surface area contributed by atoms with Gasteiger partial charge in [0.15, 0.2) is 0 Å². The van der Waals surface area contributed by atoms with Crippen LogP contribution in [0.1, 0.15) is 49.9 Å². The van der Waals surface area contributed by atoms with Gasteiger partial charge in [-0.15, -0.1) is 5.10 Å². The molecule has 0 spiro atoms. The fourth-order valence-electron chi connectivity index (χ4n) is 4.39.